The average molecular weight is 587 g/mol. The zero-order valence-electron chi connectivity index (χ0n) is 23.5. The highest BCUT2D eigenvalue weighted by molar-refractivity contribution is 6.47. The number of carbonyl (C=O) groups is 3. The van der Waals surface area contributed by atoms with E-state index in [1.54, 1.807) is 30.3 Å². The molecule has 1 spiro atoms. The smallest absolute Gasteiger partial charge is 0.305 e. The van der Waals surface area contributed by atoms with Crippen LogP contribution in [0.4, 0.5) is 0 Å². The van der Waals surface area contributed by atoms with E-state index in [-0.39, 0.29) is 36.2 Å². The summed E-state index contributed by atoms with van der Waals surface area (Å²) in [5.41, 5.74) is 1.84. The van der Waals surface area contributed by atoms with Crippen molar-refractivity contribution in [1.29, 1.82) is 0 Å². The third-order valence-electron chi connectivity index (χ3n) is 8.80. The zero-order valence-corrected chi connectivity index (χ0v) is 25.0. The molecule has 2 N–H and O–H groups in total. The van der Waals surface area contributed by atoms with Crippen molar-refractivity contribution in [3.8, 4) is 0 Å². The van der Waals surface area contributed by atoms with Gasteiger partial charge in [-0.05, 0) is 79.8 Å². The van der Waals surface area contributed by atoms with Gasteiger partial charge in [0.25, 0.3) is 11.8 Å². The Morgan fingerprint density at radius 2 is 1.73 bits per heavy atom. The average Bonchev–Trinajstić information content (AvgIpc) is 3.19. The molecule has 1 atom stereocenters. The van der Waals surface area contributed by atoms with Crippen LogP contribution < -0.4 is 5.32 Å². The largest absolute Gasteiger partial charge is 0.481 e. The first-order chi connectivity index (χ1) is 18.9. The van der Waals surface area contributed by atoms with E-state index < -0.39 is 11.6 Å². The van der Waals surface area contributed by atoms with E-state index >= 15 is 0 Å². The second kappa shape index (κ2) is 11.9. The van der Waals surface area contributed by atoms with Crippen LogP contribution in [0.3, 0.4) is 0 Å². The Kier molecular flexibility index (Phi) is 8.96. The van der Waals surface area contributed by atoms with Crippen LogP contribution in [0.15, 0.2) is 47.5 Å². The Labute approximate surface area is 246 Å². The molecule has 0 radical (unpaired) electrons. The molecule has 1 saturated carbocycles. The fourth-order valence-corrected chi connectivity index (χ4v) is 6.50. The van der Waals surface area contributed by atoms with Gasteiger partial charge in [0, 0.05) is 27.7 Å². The summed E-state index contributed by atoms with van der Waals surface area (Å²) in [7, 11) is 0. The molecule has 2 aromatic rings. The standard InChI is InChI=1S/C31H37Cl2N3O4/c1-5-30(3,4)23-10-13-31(14-11-23)35-27(22-16-24(32)18-25(33)17-22)29(40)36(31)19(2)20-6-8-21(9-7-20)28(39)34-15-12-26(37)38/h6-9,16-19,23H,5,10-15H2,1-4H3,(H,34,39)(H,37,38)/t19-,23?,31?/m1/s1. The Balaban J connectivity index is 1.63. The van der Waals surface area contributed by atoms with Crippen molar-refractivity contribution in [2.45, 2.75) is 77.9 Å². The zero-order chi connectivity index (χ0) is 29.2. The van der Waals surface area contributed by atoms with E-state index in [1.807, 2.05) is 24.0 Å². The maximum Gasteiger partial charge on any atom is 0.305 e. The number of hydrogen-bond acceptors (Lipinski definition) is 4. The van der Waals surface area contributed by atoms with Crippen LogP contribution in [-0.2, 0) is 9.59 Å². The summed E-state index contributed by atoms with van der Waals surface area (Å²) in [6.45, 7) is 8.91. The lowest BCUT2D eigenvalue weighted by atomic mass is 9.67. The normalized spacial score (nSPS) is 21.9. The number of nitrogens with zero attached hydrogens (tertiary/aromatic N) is 2. The molecule has 1 aliphatic carbocycles. The van der Waals surface area contributed by atoms with Crippen molar-refractivity contribution >= 4 is 46.7 Å². The third kappa shape index (κ3) is 6.21. The number of amides is 2. The highest BCUT2D eigenvalue weighted by Gasteiger charge is 2.52. The molecule has 40 heavy (non-hydrogen) atoms. The summed E-state index contributed by atoms with van der Waals surface area (Å²) in [5, 5.41) is 12.3. The molecule has 2 aliphatic rings. The molecule has 1 heterocycles. The summed E-state index contributed by atoms with van der Waals surface area (Å²) in [4.78, 5) is 44.3. The summed E-state index contributed by atoms with van der Waals surface area (Å²) in [6.07, 6.45) is 4.42. The van der Waals surface area contributed by atoms with Crippen molar-refractivity contribution < 1.29 is 19.5 Å². The number of aliphatic imine (C=N–C) groups is 1. The van der Waals surface area contributed by atoms with E-state index in [9.17, 15) is 14.4 Å². The van der Waals surface area contributed by atoms with Gasteiger partial charge < -0.3 is 15.3 Å². The molecule has 214 valence electrons. The van der Waals surface area contributed by atoms with Crippen LogP contribution in [0.2, 0.25) is 10.0 Å². The topological polar surface area (TPSA) is 99.1 Å². The maximum absolute atomic E-state index is 14.1. The van der Waals surface area contributed by atoms with Gasteiger partial charge in [-0.2, -0.15) is 0 Å². The van der Waals surface area contributed by atoms with Crippen LogP contribution in [-0.4, -0.2) is 45.7 Å². The first kappa shape index (κ1) is 30.1. The number of rotatable bonds is 9. The summed E-state index contributed by atoms with van der Waals surface area (Å²) < 4.78 is 0. The van der Waals surface area contributed by atoms with E-state index in [1.165, 1.54) is 0 Å². The molecule has 7 nitrogen and oxygen atoms in total. The highest BCUT2D eigenvalue weighted by Crippen LogP contribution is 2.50. The fourth-order valence-electron chi connectivity index (χ4n) is 5.98. The summed E-state index contributed by atoms with van der Waals surface area (Å²) in [5.74, 6) is -0.916. The monoisotopic (exact) mass is 585 g/mol. The van der Waals surface area contributed by atoms with Gasteiger partial charge in [-0.3, -0.25) is 19.4 Å². The number of hydrogen-bond donors (Lipinski definition) is 2. The molecule has 1 fully saturated rings. The van der Waals surface area contributed by atoms with Crippen molar-refractivity contribution in [3.05, 3.63) is 69.2 Å². The molecular weight excluding hydrogens is 549 g/mol. The van der Waals surface area contributed by atoms with E-state index in [4.69, 9.17) is 33.3 Å². The minimum absolute atomic E-state index is 0.0561. The fraction of sp³-hybridized carbons (Fsp3) is 0.484. The SMILES string of the molecule is CCC(C)(C)C1CCC2(CC1)N=C(c1cc(Cl)cc(Cl)c1)C(=O)N2[C@H](C)c1ccc(C(=O)NCCC(=O)O)cc1. The first-order valence-electron chi connectivity index (χ1n) is 13.9. The summed E-state index contributed by atoms with van der Waals surface area (Å²) in [6, 6.07) is 11.9. The van der Waals surface area contributed by atoms with Gasteiger partial charge in [-0.15, -0.1) is 0 Å². The second-order valence-corrected chi connectivity index (χ2v) is 12.5. The molecule has 9 heteroatoms. The van der Waals surface area contributed by atoms with Gasteiger partial charge in [-0.1, -0.05) is 62.5 Å². The van der Waals surface area contributed by atoms with E-state index in [0.717, 1.165) is 37.7 Å². The quantitative estimate of drug-likeness (QED) is 0.334. The van der Waals surface area contributed by atoms with E-state index in [2.05, 4.69) is 26.1 Å². The van der Waals surface area contributed by atoms with Crippen molar-refractivity contribution in [1.82, 2.24) is 10.2 Å². The number of nitrogens with one attached hydrogen (secondary N) is 1. The Bertz CT molecular complexity index is 1290. The Morgan fingerprint density at radius 3 is 2.27 bits per heavy atom. The van der Waals surface area contributed by atoms with Crippen LogP contribution in [0.1, 0.15) is 93.7 Å². The molecular formula is C31H37Cl2N3O4. The Morgan fingerprint density at radius 1 is 1.12 bits per heavy atom. The first-order valence-corrected chi connectivity index (χ1v) is 14.6. The van der Waals surface area contributed by atoms with Crippen LogP contribution >= 0.6 is 23.2 Å². The maximum atomic E-state index is 14.1. The van der Waals surface area contributed by atoms with Crippen molar-refractivity contribution in [2.24, 2.45) is 16.3 Å². The highest BCUT2D eigenvalue weighted by atomic mass is 35.5. The van der Waals surface area contributed by atoms with Gasteiger partial charge in [0.05, 0.1) is 12.5 Å². The molecule has 4 rings (SSSR count). The number of carboxylic acids is 1. The van der Waals surface area contributed by atoms with Crippen molar-refractivity contribution in [3.63, 3.8) is 0 Å². The number of carboxylic acid groups (broad SMARTS) is 1. The van der Waals surface area contributed by atoms with Crippen LogP contribution in [0.25, 0.3) is 0 Å². The lowest BCUT2D eigenvalue weighted by molar-refractivity contribution is -0.137. The number of aliphatic carboxylic acids is 1. The minimum Gasteiger partial charge on any atom is -0.481 e. The number of benzene rings is 2. The van der Waals surface area contributed by atoms with Crippen LogP contribution in [0, 0.1) is 11.3 Å². The minimum atomic E-state index is -0.970. The third-order valence-corrected chi connectivity index (χ3v) is 9.23. The van der Waals surface area contributed by atoms with Gasteiger partial charge in [0.1, 0.15) is 11.4 Å². The number of carbonyl (C=O) groups excluding carboxylic acids is 2. The molecule has 0 bridgehead atoms. The van der Waals surface area contributed by atoms with Gasteiger partial charge >= 0.3 is 5.97 Å². The molecule has 0 saturated heterocycles. The molecule has 2 amide bonds. The Hall–Kier alpha value is -2.90. The number of halogens is 2. The van der Waals surface area contributed by atoms with Gasteiger partial charge in [-0.25, -0.2) is 0 Å². The van der Waals surface area contributed by atoms with Crippen LogP contribution in [0.5, 0.6) is 0 Å². The molecule has 0 unspecified atom stereocenters. The molecule has 2 aromatic carbocycles. The van der Waals surface area contributed by atoms with E-state index in [0.29, 0.717) is 32.8 Å². The molecule has 1 aliphatic heterocycles. The van der Waals surface area contributed by atoms with Gasteiger partial charge in [0.15, 0.2) is 0 Å². The second-order valence-electron chi connectivity index (χ2n) is 11.6. The predicted molar refractivity (Wildman–Crippen MR) is 158 cm³/mol. The van der Waals surface area contributed by atoms with Gasteiger partial charge in [0.2, 0.25) is 0 Å². The lowest BCUT2D eigenvalue weighted by Crippen LogP contribution is -2.51. The van der Waals surface area contributed by atoms with Crippen molar-refractivity contribution in [2.75, 3.05) is 6.54 Å². The lowest BCUT2D eigenvalue weighted by Gasteiger charge is -2.47. The summed E-state index contributed by atoms with van der Waals surface area (Å²) >= 11 is 12.6. The molecule has 0 aromatic heterocycles. The predicted octanol–water partition coefficient (Wildman–Crippen LogP) is 6.91.